The second-order valence-corrected chi connectivity index (χ2v) is 4.64. The number of carbonyl (C=O) groups is 1. The van der Waals surface area contributed by atoms with Crippen molar-refractivity contribution in [3.05, 3.63) is 54.4 Å². The van der Waals surface area contributed by atoms with Crippen LogP contribution in [0.5, 0.6) is 5.75 Å². The number of methoxy groups -OCH3 is 1. The van der Waals surface area contributed by atoms with Gasteiger partial charge in [0.25, 0.3) is 0 Å². The molecule has 0 aliphatic carbocycles. The fourth-order valence-electron chi connectivity index (χ4n) is 1.94. The molecule has 1 amide bonds. The predicted octanol–water partition coefficient (Wildman–Crippen LogP) is 2.38. The van der Waals surface area contributed by atoms with Crippen molar-refractivity contribution in [3.8, 4) is 5.75 Å². The van der Waals surface area contributed by atoms with Crippen LogP contribution >= 0.6 is 0 Å². The Morgan fingerprint density at radius 3 is 2.81 bits per heavy atom. The molecule has 110 valence electrons. The van der Waals surface area contributed by atoms with E-state index in [1.54, 1.807) is 31.6 Å². The van der Waals surface area contributed by atoms with Gasteiger partial charge in [0.2, 0.25) is 5.91 Å². The lowest BCUT2D eigenvalue weighted by molar-refractivity contribution is -0.115. The van der Waals surface area contributed by atoms with E-state index in [1.807, 2.05) is 31.2 Å². The molecular weight excluding hydrogens is 266 g/mol. The molecular formula is C16H19N3O2. The smallest absolute Gasteiger partial charge is 0.238 e. The first kappa shape index (κ1) is 15.0. The summed E-state index contributed by atoms with van der Waals surface area (Å²) in [5, 5.41) is 5.99. The molecule has 5 nitrogen and oxygen atoms in total. The van der Waals surface area contributed by atoms with Crippen molar-refractivity contribution in [3.63, 3.8) is 0 Å². The second kappa shape index (κ2) is 7.40. The van der Waals surface area contributed by atoms with E-state index in [9.17, 15) is 4.79 Å². The Kier molecular flexibility index (Phi) is 5.29. The minimum atomic E-state index is -0.116. The van der Waals surface area contributed by atoms with Crippen molar-refractivity contribution in [2.45, 2.75) is 13.0 Å². The van der Waals surface area contributed by atoms with Crippen molar-refractivity contribution >= 4 is 11.6 Å². The Bertz CT molecular complexity index is 587. The predicted molar refractivity (Wildman–Crippen MR) is 82.3 cm³/mol. The summed E-state index contributed by atoms with van der Waals surface area (Å²) in [5.41, 5.74) is 1.71. The molecule has 0 bridgehead atoms. The average Bonchev–Trinajstić information content (AvgIpc) is 2.54. The summed E-state index contributed by atoms with van der Waals surface area (Å²) in [6.45, 7) is 2.21. The maximum atomic E-state index is 12.0. The van der Waals surface area contributed by atoms with E-state index in [4.69, 9.17) is 4.74 Å². The number of rotatable bonds is 6. The highest BCUT2D eigenvalue weighted by Crippen LogP contribution is 2.22. The second-order valence-electron chi connectivity index (χ2n) is 4.64. The number of pyridine rings is 1. The lowest BCUT2D eigenvalue weighted by Crippen LogP contribution is -2.30. The fraction of sp³-hybridized carbons (Fsp3) is 0.250. The molecule has 1 aromatic heterocycles. The van der Waals surface area contributed by atoms with E-state index < -0.39 is 0 Å². The zero-order valence-corrected chi connectivity index (χ0v) is 12.2. The zero-order chi connectivity index (χ0) is 15.1. The number of para-hydroxylation sites is 2. The van der Waals surface area contributed by atoms with Gasteiger partial charge in [-0.2, -0.15) is 0 Å². The number of anilines is 1. The summed E-state index contributed by atoms with van der Waals surface area (Å²) in [6, 6.07) is 11.2. The maximum absolute atomic E-state index is 12.0. The number of amides is 1. The molecule has 0 unspecified atom stereocenters. The highest BCUT2D eigenvalue weighted by Gasteiger charge is 2.09. The van der Waals surface area contributed by atoms with Gasteiger partial charge in [-0.1, -0.05) is 18.2 Å². The molecule has 1 heterocycles. The van der Waals surface area contributed by atoms with Crippen molar-refractivity contribution < 1.29 is 9.53 Å². The molecule has 0 aliphatic rings. The first-order chi connectivity index (χ1) is 10.2. The van der Waals surface area contributed by atoms with Gasteiger partial charge in [-0.25, -0.2) is 0 Å². The van der Waals surface area contributed by atoms with Gasteiger partial charge < -0.3 is 15.4 Å². The van der Waals surface area contributed by atoms with Crippen molar-refractivity contribution in [1.29, 1.82) is 0 Å². The van der Waals surface area contributed by atoms with Crippen molar-refractivity contribution in [2.24, 2.45) is 0 Å². The van der Waals surface area contributed by atoms with Crippen LogP contribution in [-0.4, -0.2) is 24.5 Å². The third kappa shape index (κ3) is 4.29. The van der Waals surface area contributed by atoms with E-state index >= 15 is 0 Å². The highest BCUT2D eigenvalue weighted by atomic mass is 16.5. The maximum Gasteiger partial charge on any atom is 0.238 e. The number of hydrogen-bond donors (Lipinski definition) is 2. The number of nitrogens with zero attached hydrogens (tertiary/aromatic N) is 1. The first-order valence-corrected chi connectivity index (χ1v) is 6.77. The van der Waals surface area contributed by atoms with Gasteiger partial charge in [0.1, 0.15) is 5.75 Å². The quantitative estimate of drug-likeness (QED) is 0.855. The number of hydrogen-bond acceptors (Lipinski definition) is 4. The highest BCUT2D eigenvalue weighted by molar-refractivity contribution is 5.93. The summed E-state index contributed by atoms with van der Waals surface area (Å²) < 4.78 is 5.20. The Hall–Kier alpha value is -2.40. The zero-order valence-electron chi connectivity index (χ0n) is 12.2. The summed E-state index contributed by atoms with van der Waals surface area (Å²) >= 11 is 0. The SMILES string of the molecule is COc1ccccc1NC(=O)CN[C@H](C)c1cccnc1. The summed E-state index contributed by atoms with van der Waals surface area (Å²) in [5.74, 6) is 0.529. The third-order valence-corrected chi connectivity index (χ3v) is 3.13. The van der Waals surface area contributed by atoms with Gasteiger partial charge >= 0.3 is 0 Å². The molecule has 0 saturated carbocycles. The Morgan fingerprint density at radius 2 is 2.10 bits per heavy atom. The van der Waals surface area contributed by atoms with Crippen LogP contribution in [0.3, 0.4) is 0 Å². The van der Waals surface area contributed by atoms with E-state index in [2.05, 4.69) is 15.6 Å². The van der Waals surface area contributed by atoms with Crippen LogP contribution in [0.2, 0.25) is 0 Å². The van der Waals surface area contributed by atoms with Crippen LogP contribution in [-0.2, 0) is 4.79 Å². The van der Waals surface area contributed by atoms with Gasteiger partial charge in [0.05, 0.1) is 19.3 Å². The first-order valence-electron chi connectivity index (χ1n) is 6.77. The molecule has 1 atom stereocenters. The van der Waals surface area contributed by atoms with Crippen LogP contribution in [0.25, 0.3) is 0 Å². The molecule has 0 radical (unpaired) electrons. The van der Waals surface area contributed by atoms with E-state index in [0.29, 0.717) is 11.4 Å². The van der Waals surface area contributed by atoms with Gasteiger partial charge in [0, 0.05) is 18.4 Å². The number of benzene rings is 1. The molecule has 0 aliphatic heterocycles. The lowest BCUT2D eigenvalue weighted by atomic mass is 10.1. The van der Waals surface area contributed by atoms with Crippen molar-refractivity contribution in [1.82, 2.24) is 10.3 Å². The molecule has 2 rings (SSSR count). The molecule has 1 aromatic carbocycles. The fourth-order valence-corrected chi connectivity index (χ4v) is 1.94. The van der Waals surface area contributed by atoms with Crippen LogP contribution in [0.1, 0.15) is 18.5 Å². The van der Waals surface area contributed by atoms with E-state index in [1.165, 1.54) is 0 Å². The summed E-state index contributed by atoms with van der Waals surface area (Å²) in [4.78, 5) is 16.0. The topological polar surface area (TPSA) is 63.2 Å². The van der Waals surface area contributed by atoms with Crippen LogP contribution < -0.4 is 15.4 Å². The number of ether oxygens (including phenoxy) is 1. The Labute approximate surface area is 124 Å². The molecule has 2 N–H and O–H groups in total. The van der Waals surface area contributed by atoms with E-state index in [-0.39, 0.29) is 18.5 Å². The van der Waals surface area contributed by atoms with Crippen LogP contribution in [0.4, 0.5) is 5.69 Å². The van der Waals surface area contributed by atoms with Gasteiger partial charge in [-0.05, 0) is 30.7 Å². The van der Waals surface area contributed by atoms with Crippen LogP contribution in [0.15, 0.2) is 48.8 Å². The number of nitrogens with one attached hydrogen (secondary N) is 2. The third-order valence-electron chi connectivity index (χ3n) is 3.13. The standard InChI is InChI=1S/C16H19N3O2/c1-12(13-6-5-9-17-10-13)18-11-16(20)19-14-7-3-4-8-15(14)21-2/h3-10,12,18H,11H2,1-2H3,(H,19,20)/t12-/m1/s1. The largest absolute Gasteiger partial charge is 0.495 e. The lowest BCUT2D eigenvalue weighted by Gasteiger charge is -2.14. The molecule has 0 saturated heterocycles. The molecule has 0 spiro atoms. The molecule has 5 heteroatoms. The van der Waals surface area contributed by atoms with E-state index in [0.717, 1.165) is 5.56 Å². The summed E-state index contributed by atoms with van der Waals surface area (Å²) in [6.07, 6.45) is 3.51. The molecule has 0 fully saturated rings. The van der Waals surface area contributed by atoms with Gasteiger partial charge in [-0.3, -0.25) is 9.78 Å². The molecule has 2 aromatic rings. The van der Waals surface area contributed by atoms with Gasteiger partial charge in [0.15, 0.2) is 0 Å². The Balaban J connectivity index is 1.88. The minimum Gasteiger partial charge on any atom is -0.495 e. The monoisotopic (exact) mass is 285 g/mol. The summed E-state index contributed by atoms with van der Waals surface area (Å²) in [7, 11) is 1.58. The van der Waals surface area contributed by atoms with Gasteiger partial charge in [-0.15, -0.1) is 0 Å². The Morgan fingerprint density at radius 1 is 1.29 bits per heavy atom. The van der Waals surface area contributed by atoms with Crippen LogP contribution in [0, 0.1) is 0 Å². The van der Waals surface area contributed by atoms with Crippen molar-refractivity contribution in [2.75, 3.05) is 19.0 Å². The molecule has 21 heavy (non-hydrogen) atoms. The average molecular weight is 285 g/mol. The minimum absolute atomic E-state index is 0.0575. The number of carbonyl (C=O) groups excluding carboxylic acids is 1. The number of aromatic nitrogens is 1. The normalized spacial score (nSPS) is 11.7.